The van der Waals surface area contributed by atoms with Gasteiger partial charge >= 0.3 is 0 Å². The summed E-state index contributed by atoms with van der Waals surface area (Å²) in [5.41, 5.74) is -3.72. The van der Waals surface area contributed by atoms with E-state index < -0.39 is 81.2 Å². The molecule has 0 saturated heterocycles. The van der Waals surface area contributed by atoms with Crippen LogP contribution in [0.25, 0.3) is 17.1 Å². The molecule has 28 heavy (non-hydrogen) atoms. The quantitative estimate of drug-likeness (QED) is 0.427. The van der Waals surface area contributed by atoms with Crippen LogP contribution < -0.4 is 4.57 Å². The topological polar surface area (TPSA) is 8.81 Å². The summed E-state index contributed by atoms with van der Waals surface area (Å²) in [6.45, 7) is -21.5. The van der Waals surface area contributed by atoms with Crippen molar-refractivity contribution in [2.45, 2.75) is 65.7 Å². The van der Waals surface area contributed by atoms with Crippen LogP contribution in [0.1, 0.15) is 110 Å². The van der Waals surface area contributed by atoms with E-state index in [2.05, 4.69) is 0 Å². The number of imidazole rings is 1. The van der Waals surface area contributed by atoms with Crippen molar-refractivity contribution in [3.8, 4) is 17.1 Å². The van der Waals surface area contributed by atoms with Gasteiger partial charge in [-0.05, 0) is 41.8 Å². The number of benzene rings is 2. The van der Waals surface area contributed by atoms with Gasteiger partial charge in [0.05, 0.1) is 12.6 Å². The van der Waals surface area contributed by atoms with Gasteiger partial charge in [0.1, 0.15) is 18.1 Å². The van der Waals surface area contributed by atoms with Gasteiger partial charge in [0.15, 0.2) is 0 Å². The first-order valence-corrected chi connectivity index (χ1v) is 8.45. The van der Waals surface area contributed by atoms with E-state index in [9.17, 15) is 2.74 Å². The Hall–Kier alpha value is -2.35. The monoisotopic (exact) mass is 396 g/mol. The van der Waals surface area contributed by atoms with Crippen LogP contribution in [-0.2, 0) is 7.05 Å². The lowest BCUT2D eigenvalue weighted by Crippen LogP contribution is -2.29. The third-order valence-corrected chi connectivity index (χ3v) is 4.57. The zero-order chi connectivity index (χ0) is 38.4. The molecule has 0 radical (unpaired) electrons. The van der Waals surface area contributed by atoms with Crippen molar-refractivity contribution in [2.75, 3.05) is 0 Å². The average Bonchev–Trinajstić information content (AvgIpc) is 3.27. The molecule has 0 N–H and O–H groups in total. The van der Waals surface area contributed by atoms with Crippen LogP contribution in [0.2, 0.25) is 0 Å². The summed E-state index contributed by atoms with van der Waals surface area (Å²) in [5, 5.41) is 0. The molecule has 3 rings (SSSR count). The summed E-state index contributed by atoms with van der Waals surface area (Å²) in [4.78, 5) is 0. The molecule has 0 aliphatic heterocycles. The largest absolute Gasteiger partial charge is 0.294 e. The van der Waals surface area contributed by atoms with Gasteiger partial charge in [-0.25, -0.2) is 4.57 Å². The molecule has 0 atom stereocenters. The Kier molecular flexibility index (Phi) is 1.87. The van der Waals surface area contributed by atoms with Crippen LogP contribution >= 0.6 is 0 Å². The molecule has 0 saturated carbocycles. The minimum atomic E-state index is -3.88. The Morgan fingerprint density at radius 2 is 1.54 bits per heavy atom. The minimum Gasteiger partial charge on any atom is -0.232 e. The van der Waals surface area contributed by atoms with E-state index in [4.69, 9.17) is 26.0 Å². The van der Waals surface area contributed by atoms with E-state index in [-0.39, 0.29) is 5.82 Å². The van der Waals surface area contributed by atoms with Gasteiger partial charge in [-0.2, -0.15) is 4.57 Å². The fourth-order valence-electron chi connectivity index (χ4n) is 3.22. The second-order valence-electron chi connectivity index (χ2n) is 6.46. The molecule has 1 heterocycles. The summed E-state index contributed by atoms with van der Waals surface area (Å²) in [6, 6.07) is 7.35. The highest BCUT2D eigenvalue weighted by Gasteiger charge is 2.27. The predicted octanol–water partition coefficient (Wildman–Crippen LogP) is 6.65. The van der Waals surface area contributed by atoms with Crippen molar-refractivity contribution >= 4 is 0 Å². The molecule has 0 fully saturated rings. The Labute approximate surface area is 200 Å². The van der Waals surface area contributed by atoms with Crippen molar-refractivity contribution in [2.24, 2.45) is 7.05 Å². The van der Waals surface area contributed by atoms with E-state index in [0.29, 0.717) is 23.3 Å². The number of aryl methyl sites for hydroxylation is 2. The van der Waals surface area contributed by atoms with E-state index in [1.807, 2.05) is 0 Å². The van der Waals surface area contributed by atoms with E-state index >= 15 is 0 Å². The lowest BCUT2D eigenvalue weighted by Gasteiger charge is -2.21. The molecular formula is C26H35N2+. The smallest absolute Gasteiger partial charge is 0.232 e. The number of rotatable bonds is 5. The Morgan fingerprint density at radius 1 is 0.929 bits per heavy atom. The van der Waals surface area contributed by atoms with Crippen molar-refractivity contribution in [1.29, 1.82) is 0 Å². The Balaban J connectivity index is 2.98. The first kappa shape index (κ1) is 6.58. The molecule has 148 valence electrons. The minimum absolute atomic E-state index is 0.0500. The highest BCUT2D eigenvalue weighted by molar-refractivity contribution is 5.63. The molecule has 3 aromatic rings. The van der Waals surface area contributed by atoms with Crippen LogP contribution in [0.3, 0.4) is 0 Å². The number of aromatic nitrogens is 2. The summed E-state index contributed by atoms with van der Waals surface area (Å²) >= 11 is 0. The molecule has 0 aliphatic carbocycles. The van der Waals surface area contributed by atoms with Gasteiger partial charge in [0.2, 0.25) is 0 Å². The maximum Gasteiger partial charge on any atom is 0.294 e. The van der Waals surface area contributed by atoms with Crippen LogP contribution in [0, 0.1) is 6.92 Å². The maximum absolute atomic E-state index is 9.17. The average molecular weight is 397 g/mol. The second kappa shape index (κ2) is 7.95. The number of hydrogen-bond acceptors (Lipinski definition) is 0. The molecule has 0 aliphatic rings. The molecular weight excluding hydrogens is 340 g/mol. The van der Waals surface area contributed by atoms with Gasteiger partial charge in [-0.15, -0.1) is 0 Å². The lowest BCUT2D eigenvalue weighted by molar-refractivity contribution is -0.659. The maximum atomic E-state index is 9.17. The van der Waals surface area contributed by atoms with Crippen LogP contribution in [0.5, 0.6) is 0 Å². The fourth-order valence-corrected chi connectivity index (χ4v) is 3.22. The molecule has 2 nitrogen and oxygen atoms in total. The van der Waals surface area contributed by atoms with Crippen molar-refractivity contribution < 1.29 is 33.4 Å². The standard InChI is InChI=1S/C26H35N2/c1-17(2)21-15-23(18(3)4)25(24(16-21)19(5)6)28-14-13-27(8)26(28)22-12-10-9-11-20(22)7/h9-19H,1-8H3/q+1/i1D3,2D3,3D3,4D3,5D3,6D3,17D,18D,19D. The highest BCUT2D eigenvalue weighted by atomic mass is 15.1. The predicted molar refractivity (Wildman–Crippen MR) is 119 cm³/mol. The van der Waals surface area contributed by atoms with Crippen LogP contribution in [0.15, 0.2) is 48.8 Å². The van der Waals surface area contributed by atoms with Crippen molar-refractivity contribution in [3.05, 3.63) is 71.0 Å². The number of nitrogens with zero attached hydrogens (tertiary/aromatic N) is 2. The highest BCUT2D eigenvalue weighted by Crippen LogP contribution is 2.36. The second-order valence-corrected chi connectivity index (χ2v) is 6.46. The SMILES string of the molecule is [2H]C([2H])([2H])C([2H])(c1cc(C([2H])(C([2H])([2H])[2H])C([2H])([2H])[2H])c(-n2cc[n+](C)c2-c2ccccc2C)c(C([2H])(C([2H])([2H])[2H])C([2H])([2H])[2H])c1)C([2H])([2H])[2H]. The van der Waals surface area contributed by atoms with Crippen LogP contribution in [0.4, 0.5) is 0 Å². The summed E-state index contributed by atoms with van der Waals surface area (Å²) in [6.07, 6.45) is 2.53. The molecule has 0 spiro atoms. The molecule has 0 unspecified atom stereocenters. The molecule has 2 aromatic carbocycles. The molecule has 0 bridgehead atoms. The van der Waals surface area contributed by atoms with Crippen molar-refractivity contribution in [1.82, 2.24) is 4.57 Å². The van der Waals surface area contributed by atoms with Crippen molar-refractivity contribution in [3.63, 3.8) is 0 Å². The van der Waals surface area contributed by atoms with Gasteiger partial charge < -0.3 is 0 Å². The van der Waals surface area contributed by atoms with E-state index in [0.717, 1.165) is 4.57 Å². The van der Waals surface area contributed by atoms with Crippen LogP contribution in [-0.4, -0.2) is 4.57 Å². The summed E-state index contributed by atoms with van der Waals surface area (Å²) in [5.74, 6) is -11.5. The molecule has 0 amide bonds. The summed E-state index contributed by atoms with van der Waals surface area (Å²) < 4.78 is 177. The zero-order valence-electron chi connectivity index (χ0n) is 36.5. The zero-order valence-corrected chi connectivity index (χ0v) is 15.5. The van der Waals surface area contributed by atoms with E-state index in [1.54, 1.807) is 31.2 Å². The first-order chi connectivity index (χ1) is 21.6. The third-order valence-electron chi connectivity index (χ3n) is 4.57. The summed E-state index contributed by atoms with van der Waals surface area (Å²) in [7, 11) is 1.49. The lowest BCUT2D eigenvalue weighted by atomic mass is 9.87. The Morgan fingerprint density at radius 3 is 2.11 bits per heavy atom. The van der Waals surface area contributed by atoms with Gasteiger partial charge in [0.25, 0.3) is 5.82 Å². The molecule has 2 heteroatoms. The Bertz CT molecular complexity index is 1590. The fraction of sp³-hybridized carbons (Fsp3) is 0.423. The normalized spacial score (nSPS) is 26.7. The van der Waals surface area contributed by atoms with E-state index in [1.165, 1.54) is 24.0 Å². The van der Waals surface area contributed by atoms with Gasteiger partial charge in [-0.1, -0.05) is 71.4 Å². The number of hydrogen-bond donors (Lipinski definition) is 0. The third kappa shape index (κ3) is 3.65. The van der Waals surface area contributed by atoms with Gasteiger partial charge in [0, 0.05) is 39.9 Å². The molecule has 1 aromatic heterocycles. The first-order valence-electron chi connectivity index (χ1n) is 18.9. The van der Waals surface area contributed by atoms with Gasteiger partial charge in [-0.3, -0.25) is 0 Å².